The van der Waals surface area contributed by atoms with E-state index in [0.717, 1.165) is 24.4 Å². The molecule has 0 spiro atoms. The van der Waals surface area contributed by atoms with E-state index in [1.165, 1.54) is 25.0 Å². The molecule has 0 bridgehead atoms. The molecule has 1 unspecified atom stereocenters. The second-order valence-corrected chi connectivity index (χ2v) is 5.78. The van der Waals surface area contributed by atoms with Gasteiger partial charge in [0, 0.05) is 11.6 Å². The lowest BCUT2D eigenvalue weighted by Gasteiger charge is -2.30. The van der Waals surface area contributed by atoms with Crippen molar-refractivity contribution in [3.05, 3.63) is 34.6 Å². The molecule has 1 nitrogen and oxygen atoms in total. The molecule has 1 N–H and O–H groups in total. The average Bonchev–Trinajstić information content (AvgIpc) is 3.06. The van der Waals surface area contributed by atoms with Gasteiger partial charge in [0.15, 0.2) is 0 Å². The van der Waals surface area contributed by atoms with E-state index in [2.05, 4.69) is 12.2 Å². The highest BCUT2D eigenvalue weighted by atomic mass is 35.5. The summed E-state index contributed by atoms with van der Waals surface area (Å²) in [7, 11) is 1.98. The number of halogens is 2. The van der Waals surface area contributed by atoms with Crippen LogP contribution in [0.4, 0.5) is 4.39 Å². The van der Waals surface area contributed by atoms with Crippen LogP contribution in [0.2, 0.25) is 5.02 Å². The summed E-state index contributed by atoms with van der Waals surface area (Å²) in [5, 5.41) is 3.81. The van der Waals surface area contributed by atoms with Crippen LogP contribution in [-0.2, 0) is 6.42 Å². The van der Waals surface area contributed by atoms with Crippen molar-refractivity contribution in [2.45, 2.75) is 26.2 Å². The summed E-state index contributed by atoms with van der Waals surface area (Å²) in [6.45, 7) is 3.27. The molecular weight excluding hydrogens is 237 g/mol. The summed E-state index contributed by atoms with van der Waals surface area (Å²) in [5.41, 5.74) is 1.29. The van der Waals surface area contributed by atoms with Crippen molar-refractivity contribution in [2.75, 3.05) is 13.6 Å². The van der Waals surface area contributed by atoms with Gasteiger partial charge < -0.3 is 5.32 Å². The van der Waals surface area contributed by atoms with Crippen molar-refractivity contribution in [3.63, 3.8) is 0 Å². The van der Waals surface area contributed by atoms with E-state index >= 15 is 0 Å². The quantitative estimate of drug-likeness (QED) is 0.847. The Morgan fingerprint density at radius 2 is 2.18 bits per heavy atom. The molecule has 1 aromatic carbocycles. The Morgan fingerprint density at radius 1 is 1.47 bits per heavy atom. The third-order valence-corrected chi connectivity index (χ3v) is 4.10. The topological polar surface area (TPSA) is 12.0 Å². The smallest absolute Gasteiger partial charge is 0.124 e. The van der Waals surface area contributed by atoms with Crippen LogP contribution < -0.4 is 5.32 Å². The molecule has 1 atom stereocenters. The fourth-order valence-electron chi connectivity index (χ4n) is 2.64. The predicted molar refractivity (Wildman–Crippen MR) is 69.9 cm³/mol. The molecule has 1 aromatic rings. The first kappa shape index (κ1) is 12.8. The van der Waals surface area contributed by atoms with Gasteiger partial charge in [-0.1, -0.05) is 24.6 Å². The van der Waals surface area contributed by atoms with Crippen LogP contribution in [0.3, 0.4) is 0 Å². The van der Waals surface area contributed by atoms with Crippen molar-refractivity contribution >= 4 is 11.6 Å². The fraction of sp³-hybridized carbons (Fsp3) is 0.571. The zero-order valence-electron chi connectivity index (χ0n) is 10.4. The molecule has 1 saturated carbocycles. The minimum absolute atomic E-state index is 0.232. The molecule has 0 saturated heterocycles. The standard InChI is InChI=1S/C14H19ClFN/c1-14(9-17-2,11-4-5-11)8-10-3-6-12(16)7-13(10)15/h3,6-7,11,17H,4-5,8-9H2,1-2H3. The fourth-order valence-corrected chi connectivity index (χ4v) is 2.87. The van der Waals surface area contributed by atoms with Gasteiger partial charge >= 0.3 is 0 Å². The van der Waals surface area contributed by atoms with Crippen LogP contribution in [0.25, 0.3) is 0 Å². The van der Waals surface area contributed by atoms with Crippen LogP contribution in [0.1, 0.15) is 25.3 Å². The van der Waals surface area contributed by atoms with Crippen molar-refractivity contribution in [2.24, 2.45) is 11.3 Å². The first-order valence-corrected chi connectivity index (χ1v) is 6.51. The lowest BCUT2D eigenvalue weighted by molar-refractivity contribution is 0.263. The number of hydrogen-bond donors (Lipinski definition) is 1. The molecule has 17 heavy (non-hydrogen) atoms. The van der Waals surface area contributed by atoms with Crippen molar-refractivity contribution in [3.8, 4) is 0 Å². The molecule has 0 amide bonds. The molecule has 2 rings (SSSR count). The van der Waals surface area contributed by atoms with E-state index < -0.39 is 0 Å². The predicted octanol–water partition coefficient (Wildman–Crippen LogP) is 3.66. The first-order chi connectivity index (χ1) is 8.05. The van der Waals surface area contributed by atoms with Crippen LogP contribution in [0.15, 0.2) is 18.2 Å². The highest BCUT2D eigenvalue weighted by Gasteiger charge is 2.41. The normalized spacial score (nSPS) is 19.1. The van der Waals surface area contributed by atoms with Gasteiger partial charge in [-0.2, -0.15) is 0 Å². The molecular formula is C14H19ClFN. The summed E-state index contributed by atoms with van der Waals surface area (Å²) in [6, 6.07) is 4.71. The van der Waals surface area contributed by atoms with E-state index in [-0.39, 0.29) is 11.2 Å². The van der Waals surface area contributed by atoms with Gasteiger partial charge in [-0.3, -0.25) is 0 Å². The van der Waals surface area contributed by atoms with E-state index in [9.17, 15) is 4.39 Å². The maximum atomic E-state index is 13.0. The lowest BCUT2D eigenvalue weighted by Crippen LogP contribution is -2.34. The highest BCUT2D eigenvalue weighted by Crippen LogP contribution is 2.47. The monoisotopic (exact) mass is 255 g/mol. The van der Waals surface area contributed by atoms with E-state index in [4.69, 9.17) is 11.6 Å². The van der Waals surface area contributed by atoms with Crippen LogP contribution in [0.5, 0.6) is 0 Å². The maximum absolute atomic E-state index is 13.0. The second kappa shape index (κ2) is 4.95. The molecule has 1 aliphatic carbocycles. The molecule has 94 valence electrons. The van der Waals surface area contributed by atoms with Crippen molar-refractivity contribution < 1.29 is 4.39 Å². The summed E-state index contributed by atoms with van der Waals surface area (Å²) in [4.78, 5) is 0. The minimum Gasteiger partial charge on any atom is -0.319 e. The molecule has 1 aliphatic rings. The summed E-state index contributed by atoms with van der Waals surface area (Å²) in [6.07, 6.45) is 3.52. The van der Waals surface area contributed by atoms with E-state index in [0.29, 0.717) is 5.02 Å². The van der Waals surface area contributed by atoms with Gasteiger partial charge in [0.2, 0.25) is 0 Å². The summed E-state index contributed by atoms with van der Waals surface area (Å²) < 4.78 is 13.0. The molecule has 1 fully saturated rings. The molecule has 0 aromatic heterocycles. The third kappa shape index (κ3) is 2.99. The number of rotatable bonds is 5. The molecule has 0 aliphatic heterocycles. The van der Waals surface area contributed by atoms with Gasteiger partial charge in [-0.15, -0.1) is 0 Å². The van der Waals surface area contributed by atoms with Crippen LogP contribution >= 0.6 is 11.6 Å². The zero-order valence-corrected chi connectivity index (χ0v) is 11.1. The Balaban J connectivity index is 2.17. The Hall–Kier alpha value is -0.600. The van der Waals surface area contributed by atoms with Gasteiger partial charge in [-0.25, -0.2) is 4.39 Å². The molecule has 3 heteroatoms. The molecule has 0 radical (unpaired) electrons. The van der Waals surface area contributed by atoms with Crippen LogP contribution in [0, 0.1) is 17.2 Å². The Bertz CT molecular complexity index is 403. The third-order valence-electron chi connectivity index (χ3n) is 3.75. The Morgan fingerprint density at radius 3 is 2.71 bits per heavy atom. The lowest BCUT2D eigenvalue weighted by atomic mass is 9.79. The minimum atomic E-state index is -0.263. The van der Waals surface area contributed by atoms with Crippen LogP contribution in [-0.4, -0.2) is 13.6 Å². The average molecular weight is 256 g/mol. The highest BCUT2D eigenvalue weighted by molar-refractivity contribution is 6.31. The van der Waals surface area contributed by atoms with E-state index in [1.54, 1.807) is 0 Å². The zero-order chi connectivity index (χ0) is 12.5. The first-order valence-electron chi connectivity index (χ1n) is 6.14. The van der Waals surface area contributed by atoms with Gasteiger partial charge in [0.05, 0.1) is 0 Å². The Kier molecular flexibility index (Phi) is 3.74. The summed E-state index contributed by atoms with van der Waals surface area (Å²) in [5.74, 6) is 0.511. The maximum Gasteiger partial charge on any atom is 0.124 e. The number of benzene rings is 1. The summed E-state index contributed by atoms with van der Waals surface area (Å²) >= 11 is 6.10. The van der Waals surface area contributed by atoms with Crippen molar-refractivity contribution in [1.29, 1.82) is 0 Å². The second-order valence-electron chi connectivity index (χ2n) is 5.37. The van der Waals surface area contributed by atoms with E-state index in [1.807, 2.05) is 13.1 Å². The number of hydrogen-bond acceptors (Lipinski definition) is 1. The Labute approximate surface area is 107 Å². The van der Waals surface area contributed by atoms with Crippen molar-refractivity contribution in [1.82, 2.24) is 5.32 Å². The van der Waals surface area contributed by atoms with Gasteiger partial charge in [-0.05, 0) is 55.3 Å². The van der Waals surface area contributed by atoms with Gasteiger partial charge in [0.1, 0.15) is 5.82 Å². The SMILES string of the molecule is CNCC(C)(Cc1ccc(F)cc1Cl)C1CC1. The number of nitrogens with one attached hydrogen (secondary N) is 1. The molecule has 0 heterocycles. The largest absolute Gasteiger partial charge is 0.319 e. The van der Waals surface area contributed by atoms with Gasteiger partial charge in [0.25, 0.3) is 0 Å².